The lowest BCUT2D eigenvalue weighted by molar-refractivity contribution is 0.0191. The first kappa shape index (κ1) is 24.5. The number of hydrogen-bond acceptors (Lipinski definition) is 5. The maximum absolute atomic E-state index is 14.2. The van der Waals surface area contributed by atoms with E-state index < -0.39 is 5.97 Å². The van der Waals surface area contributed by atoms with Gasteiger partial charge in [0.15, 0.2) is 0 Å². The maximum atomic E-state index is 14.2. The highest BCUT2D eigenvalue weighted by Gasteiger charge is 2.34. The molecule has 0 spiro atoms. The molecule has 1 N–H and O–H groups in total. The molecule has 1 atom stereocenters. The lowest BCUT2D eigenvalue weighted by Crippen LogP contribution is -2.52. The summed E-state index contributed by atoms with van der Waals surface area (Å²) in [4.78, 5) is 34.6. The van der Waals surface area contributed by atoms with Gasteiger partial charge in [0.1, 0.15) is 5.69 Å². The van der Waals surface area contributed by atoms with Crippen LogP contribution in [0.3, 0.4) is 0 Å². The molecule has 188 valence electrons. The third-order valence-corrected chi connectivity index (χ3v) is 7.49. The largest absolute Gasteiger partial charge is 0.478 e. The number of nitrogens with zero attached hydrogens (tertiary/aromatic N) is 4. The van der Waals surface area contributed by atoms with Gasteiger partial charge in [-0.1, -0.05) is 35.9 Å². The first-order chi connectivity index (χ1) is 17.3. The number of carboxylic acid groups (broad SMARTS) is 1. The van der Waals surface area contributed by atoms with Gasteiger partial charge >= 0.3 is 5.97 Å². The van der Waals surface area contributed by atoms with Crippen LogP contribution in [0.5, 0.6) is 0 Å². The van der Waals surface area contributed by atoms with E-state index in [1.807, 2.05) is 17.0 Å². The molecule has 1 saturated heterocycles. The number of ether oxygens (including phenoxy) is 1. The number of halogens is 1. The molecule has 5 rings (SSSR count). The van der Waals surface area contributed by atoms with E-state index in [0.29, 0.717) is 41.7 Å². The van der Waals surface area contributed by atoms with Crippen molar-refractivity contribution in [3.8, 4) is 11.3 Å². The van der Waals surface area contributed by atoms with E-state index in [2.05, 4.69) is 22.0 Å². The quantitative estimate of drug-likeness (QED) is 0.566. The number of fused-ring (bicyclic) bond motifs is 1. The summed E-state index contributed by atoms with van der Waals surface area (Å²) in [5.41, 5.74) is 4.54. The molecule has 9 heteroatoms. The Bertz CT molecular complexity index is 1320. The van der Waals surface area contributed by atoms with Crippen LogP contribution in [-0.2, 0) is 24.8 Å². The van der Waals surface area contributed by atoms with Gasteiger partial charge in [-0.05, 0) is 36.6 Å². The minimum absolute atomic E-state index is 0.0273. The van der Waals surface area contributed by atoms with Crippen LogP contribution in [0.2, 0.25) is 5.02 Å². The van der Waals surface area contributed by atoms with Crippen molar-refractivity contribution in [1.29, 1.82) is 0 Å². The van der Waals surface area contributed by atoms with Gasteiger partial charge in [-0.2, -0.15) is 0 Å². The number of morpholine rings is 1. The number of aromatic nitrogens is 2. The summed E-state index contributed by atoms with van der Waals surface area (Å²) in [6, 6.07) is 11.5. The van der Waals surface area contributed by atoms with Gasteiger partial charge < -0.3 is 19.3 Å². The molecular weight excluding hydrogens is 480 g/mol. The highest BCUT2D eigenvalue weighted by Crippen LogP contribution is 2.32. The van der Waals surface area contributed by atoms with Gasteiger partial charge in [-0.3, -0.25) is 9.69 Å². The van der Waals surface area contributed by atoms with Crippen molar-refractivity contribution < 1.29 is 19.4 Å². The van der Waals surface area contributed by atoms with E-state index in [9.17, 15) is 14.7 Å². The first-order valence-electron chi connectivity index (χ1n) is 12.1. The first-order valence-corrected chi connectivity index (χ1v) is 12.4. The van der Waals surface area contributed by atoms with Crippen LogP contribution < -0.4 is 0 Å². The van der Waals surface area contributed by atoms with E-state index in [1.54, 1.807) is 30.7 Å². The van der Waals surface area contributed by atoms with Gasteiger partial charge in [-0.15, -0.1) is 0 Å². The number of pyridine rings is 1. The molecule has 2 aliphatic heterocycles. The monoisotopic (exact) mass is 508 g/mol. The highest BCUT2D eigenvalue weighted by molar-refractivity contribution is 6.30. The normalized spacial score (nSPS) is 18.2. The van der Waals surface area contributed by atoms with Crippen LogP contribution >= 0.6 is 11.6 Å². The van der Waals surface area contributed by atoms with E-state index in [1.165, 1.54) is 11.8 Å². The third kappa shape index (κ3) is 4.64. The van der Waals surface area contributed by atoms with Crippen LogP contribution in [0.25, 0.3) is 11.3 Å². The fraction of sp³-hybridized carbons (Fsp3) is 0.370. The topological polar surface area (TPSA) is 87.9 Å². The fourth-order valence-corrected chi connectivity index (χ4v) is 5.34. The third-order valence-electron chi connectivity index (χ3n) is 7.29. The second-order valence-corrected chi connectivity index (χ2v) is 9.85. The lowest BCUT2D eigenvalue weighted by Gasteiger charge is -2.40. The Morgan fingerprint density at radius 1 is 1.17 bits per heavy atom. The molecule has 1 amide bonds. The molecular formula is C27H29ClN4O4. The summed E-state index contributed by atoms with van der Waals surface area (Å²) < 4.78 is 7.28. The second kappa shape index (κ2) is 10.0. The number of hydrogen-bond donors (Lipinski definition) is 1. The van der Waals surface area contributed by atoms with Crippen LogP contribution in [0, 0.1) is 6.92 Å². The van der Waals surface area contributed by atoms with Gasteiger partial charge in [0.05, 0.1) is 29.5 Å². The smallest absolute Gasteiger partial charge is 0.337 e. The van der Waals surface area contributed by atoms with E-state index in [0.717, 1.165) is 31.6 Å². The molecule has 1 fully saturated rings. The van der Waals surface area contributed by atoms with Crippen molar-refractivity contribution >= 4 is 23.5 Å². The number of carbonyl (C=O) groups is 2. The number of aromatic carboxylic acids is 1. The summed E-state index contributed by atoms with van der Waals surface area (Å²) in [6.45, 7) is 6.04. The summed E-state index contributed by atoms with van der Waals surface area (Å²) >= 11 is 6.31. The molecule has 0 aliphatic carbocycles. The molecule has 0 bridgehead atoms. The van der Waals surface area contributed by atoms with Crippen molar-refractivity contribution in [3.05, 3.63) is 75.7 Å². The van der Waals surface area contributed by atoms with Gasteiger partial charge in [0.2, 0.25) is 0 Å². The average Bonchev–Trinajstić information content (AvgIpc) is 3.18. The standard InChI is InChI=1S/C27H29ClN4O4/c1-17-22(27(34)35)13-24(30(17)2)23-12-20(28)14-29-25(23)26(33)32-15-19-6-4-3-5-18(19)11-21(32)16-31-7-9-36-10-8-31/h3-6,12-14,21H,7-11,15-16H2,1-2H3,(H,34,35)/t21-/m0/s1. The van der Waals surface area contributed by atoms with Gasteiger partial charge in [0.25, 0.3) is 5.91 Å². The Kier molecular flexibility index (Phi) is 6.83. The molecule has 0 radical (unpaired) electrons. The predicted molar refractivity (Wildman–Crippen MR) is 136 cm³/mol. The Labute approximate surface area is 215 Å². The summed E-state index contributed by atoms with van der Waals surface area (Å²) in [5.74, 6) is -1.21. The van der Waals surface area contributed by atoms with E-state index in [4.69, 9.17) is 16.3 Å². The van der Waals surface area contributed by atoms with Crippen molar-refractivity contribution in [2.45, 2.75) is 25.9 Å². The minimum Gasteiger partial charge on any atom is -0.478 e. The summed E-state index contributed by atoms with van der Waals surface area (Å²) in [7, 11) is 1.78. The molecule has 3 aromatic rings. The average molecular weight is 509 g/mol. The van der Waals surface area contributed by atoms with Crippen molar-refractivity contribution in [3.63, 3.8) is 0 Å². The van der Waals surface area contributed by atoms with Crippen LogP contribution in [0.4, 0.5) is 0 Å². The molecule has 2 aliphatic rings. The Morgan fingerprint density at radius 3 is 2.58 bits per heavy atom. The lowest BCUT2D eigenvalue weighted by atomic mass is 9.92. The second-order valence-electron chi connectivity index (χ2n) is 9.42. The molecule has 0 saturated carbocycles. The van der Waals surface area contributed by atoms with E-state index in [-0.39, 0.29) is 23.2 Å². The molecule has 0 unspecified atom stereocenters. The van der Waals surface area contributed by atoms with Crippen LogP contribution in [0.1, 0.15) is 37.7 Å². The molecule has 8 nitrogen and oxygen atoms in total. The van der Waals surface area contributed by atoms with Crippen molar-refractivity contribution in [1.82, 2.24) is 19.4 Å². The van der Waals surface area contributed by atoms with Crippen molar-refractivity contribution in [2.75, 3.05) is 32.8 Å². The minimum atomic E-state index is -1.02. The van der Waals surface area contributed by atoms with Gasteiger partial charge in [0, 0.05) is 56.7 Å². The highest BCUT2D eigenvalue weighted by atomic mass is 35.5. The predicted octanol–water partition coefficient (Wildman–Crippen LogP) is 3.65. The zero-order chi connectivity index (χ0) is 25.4. The Balaban J connectivity index is 1.55. The molecule has 2 aromatic heterocycles. The summed E-state index contributed by atoms with van der Waals surface area (Å²) in [6.07, 6.45) is 2.23. The zero-order valence-electron chi connectivity index (χ0n) is 20.4. The molecule has 1 aromatic carbocycles. The fourth-order valence-electron chi connectivity index (χ4n) is 5.19. The number of carbonyl (C=O) groups excluding carboxylic acids is 1. The van der Waals surface area contributed by atoms with Crippen LogP contribution in [0.15, 0.2) is 42.6 Å². The zero-order valence-corrected chi connectivity index (χ0v) is 21.2. The number of carboxylic acids is 1. The Morgan fingerprint density at radius 2 is 1.89 bits per heavy atom. The summed E-state index contributed by atoms with van der Waals surface area (Å²) in [5, 5.41) is 10.0. The maximum Gasteiger partial charge on any atom is 0.337 e. The number of rotatable bonds is 5. The van der Waals surface area contributed by atoms with Crippen molar-refractivity contribution in [2.24, 2.45) is 7.05 Å². The molecule has 4 heterocycles. The van der Waals surface area contributed by atoms with Gasteiger partial charge in [-0.25, -0.2) is 9.78 Å². The SMILES string of the molecule is Cc1c(C(=O)O)cc(-c2cc(Cl)cnc2C(=O)N2Cc3ccccc3C[C@H]2CN2CCOCC2)n1C. The number of benzene rings is 1. The van der Waals surface area contributed by atoms with Crippen LogP contribution in [-0.4, -0.2) is 75.2 Å². The molecule has 36 heavy (non-hydrogen) atoms. The Hall–Kier alpha value is -3.20. The number of amides is 1. The van der Waals surface area contributed by atoms with E-state index >= 15 is 0 Å².